The van der Waals surface area contributed by atoms with Crippen LogP contribution in [0.4, 0.5) is 0 Å². The molecule has 0 unspecified atom stereocenters. The minimum Gasteiger partial charge on any atom is -0.508 e. The Kier molecular flexibility index (Phi) is 14.5. The highest BCUT2D eigenvalue weighted by Gasteiger charge is 2.32. The van der Waals surface area contributed by atoms with E-state index in [1.54, 1.807) is 0 Å². The van der Waals surface area contributed by atoms with Crippen molar-refractivity contribution >= 4 is 41.5 Å². The third-order valence-electron chi connectivity index (χ3n) is 6.10. The fourth-order valence-electron chi connectivity index (χ4n) is 3.70. The van der Waals surface area contributed by atoms with Gasteiger partial charge in [0.25, 0.3) is 0 Å². The smallest absolute Gasteiger partial charge is 0.326 e. The van der Waals surface area contributed by atoms with Crippen LogP contribution in [0.3, 0.4) is 0 Å². The van der Waals surface area contributed by atoms with Gasteiger partial charge in [0.15, 0.2) is 0 Å². The molecule has 0 aliphatic carbocycles. The largest absolute Gasteiger partial charge is 0.508 e. The van der Waals surface area contributed by atoms with Gasteiger partial charge < -0.3 is 53.2 Å². The maximum atomic E-state index is 13.2. The number of benzene rings is 1. The second-order valence-corrected chi connectivity index (χ2v) is 10.0. The number of nitrogens with two attached hydrogens (primary N) is 2. The average molecular weight is 611 g/mol. The minimum absolute atomic E-state index is 0.0766. The lowest BCUT2D eigenvalue weighted by Crippen LogP contribution is -2.60. The van der Waals surface area contributed by atoms with Crippen LogP contribution in [0.2, 0.25) is 0 Å². The van der Waals surface area contributed by atoms with Gasteiger partial charge in [-0.1, -0.05) is 26.0 Å². The molecule has 0 aromatic heterocycles. The fourth-order valence-corrected chi connectivity index (χ4v) is 3.70. The number of nitrogens with one attached hydrogen (secondary N) is 4. The van der Waals surface area contributed by atoms with E-state index in [0.717, 1.165) is 0 Å². The molecule has 1 rings (SSSR count). The summed E-state index contributed by atoms with van der Waals surface area (Å²) in [5.74, 6) is -8.17. The number of hydrogen-bond donors (Lipinski definition) is 10. The van der Waals surface area contributed by atoms with Crippen LogP contribution in [0.5, 0.6) is 5.75 Å². The number of carbonyl (C=O) groups excluding carboxylic acids is 5. The number of rotatable bonds is 18. The van der Waals surface area contributed by atoms with Crippen LogP contribution in [0.15, 0.2) is 24.3 Å². The van der Waals surface area contributed by atoms with Crippen molar-refractivity contribution in [1.29, 1.82) is 0 Å². The molecule has 5 atom stereocenters. The van der Waals surface area contributed by atoms with E-state index >= 15 is 0 Å². The van der Waals surface area contributed by atoms with Crippen LogP contribution in [0.25, 0.3) is 0 Å². The number of carboxylic acids is 2. The monoisotopic (exact) mass is 610 g/mol. The van der Waals surface area contributed by atoms with Crippen LogP contribution < -0.4 is 32.7 Å². The van der Waals surface area contributed by atoms with Crippen LogP contribution >= 0.6 is 0 Å². The first-order valence-corrected chi connectivity index (χ1v) is 13.1. The molecule has 0 fully saturated rings. The summed E-state index contributed by atoms with van der Waals surface area (Å²) < 4.78 is 0. The van der Waals surface area contributed by atoms with Crippen molar-refractivity contribution in [3.63, 3.8) is 0 Å². The van der Waals surface area contributed by atoms with Gasteiger partial charge in [-0.3, -0.25) is 28.8 Å². The SMILES string of the molecule is CC(C)[C@H](NC(=O)[C@H](CCC(N)=O)NC(=O)[C@H](CO)NC(=O)[C@H](Cc1ccc(O)cc1)NC(=O)[C@@H](N)CC(=O)O)C(=O)O. The number of phenols is 1. The summed E-state index contributed by atoms with van der Waals surface area (Å²) in [6, 6.07) is -1.93. The number of carbonyl (C=O) groups is 7. The maximum Gasteiger partial charge on any atom is 0.326 e. The van der Waals surface area contributed by atoms with Gasteiger partial charge in [-0.05, 0) is 30.0 Å². The van der Waals surface area contributed by atoms with Crippen LogP contribution in [0, 0.1) is 5.92 Å². The van der Waals surface area contributed by atoms with Gasteiger partial charge in [0, 0.05) is 12.8 Å². The zero-order chi connectivity index (χ0) is 32.9. The van der Waals surface area contributed by atoms with E-state index in [-0.39, 0.29) is 25.0 Å². The van der Waals surface area contributed by atoms with Crippen molar-refractivity contribution in [2.24, 2.45) is 17.4 Å². The highest BCUT2D eigenvalue weighted by atomic mass is 16.4. The van der Waals surface area contributed by atoms with E-state index in [1.807, 2.05) is 0 Å². The Hall–Kier alpha value is -4.77. The lowest BCUT2D eigenvalue weighted by Gasteiger charge is -2.26. The lowest BCUT2D eigenvalue weighted by molar-refractivity contribution is -0.143. The fraction of sp³-hybridized carbons (Fsp3) is 0.500. The molecular weight excluding hydrogens is 572 g/mol. The van der Waals surface area contributed by atoms with E-state index < -0.39 is 90.6 Å². The van der Waals surface area contributed by atoms with E-state index in [9.17, 15) is 48.9 Å². The van der Waals surface area contributed by atoms with Gasteiger partial charge in [0.1, 0.15) is 29.9 Å². The van der Waals surface area contributed by atoms with Gasteiger partial charge in [-0.15, -0.1) is 0 Å². The van der Waals surface area contributed by atoms with E-state index in [0.29, 0.717) is 5.56 Å². The Morgan fingerprint density at radius 1 is 0.791 bits per heavy atom. The number of amides is 5. The molecule has 0 saturated carbocycles. The molecule has 238 valence electrons. The first-order chi connectivity index (χ1) is 20.0. The summed E-state index contributed by atoms with van der Waals surface area (Å²) in [6.07, 6.45) is -1.64. The highest BCUT2D eigenvalue weighted by molar-refractivity contribution is 5.96. The van der Waals surface area contributed by atoms with Crippen molar-refractivity contribution in [1.82, 2.24) is 21.3 Å². The summed E-state index contributed by atoms with van der Waals surface area (Å²) in [5, 5.41) is 46.7. The summed E-state index contributed by atoms with van der Waals surface area (Å²) in [5.41, 5.74) is 11.2. The van der Waals surface area contributed by atoms with Gasteiger partial charge in [0.2, 0.25) is 29.5 Å². The molecule has 17 nitrogen and oxygen atoms in total. The summed E-state index contributed by atoms with van der Waals surface area (Å²) >= 11 is 0. The third-order valence-corrected chi connectivity index (χ3v) is 6.10. The molecule has 1 aromatic rings. The molecule has 0 heterocycles. The minimum atomic E-state index is -1.69. The molecule has 5 amide bonds. The molecule has 0 saturated heterocycles. The Balaban J connectivity index is 3.15. The zero-order valence-electron chi connectivity index (χ0n) is 23.6. The summed E-state index contributed by atoms with van der Waals surface area (Å²) in [7, 11) is 0. The number of aliphatic carboxylic acids is 2. The number of aromatic hydroxyl groups is 1. The van der Waals surface area contributed by atoms with Crippen molar-refractivity contribution in [3.05, 3.63) is 29.8 Å². The second kappa shape index (κ2) is 17.2. The van der Waals surface area contributed by atoms with Crippen LogP contribution in [0.1, 0.15) is 38.7 Å². The lowest BCUT2D eigenvalue weighted by atomic mass is 10.0. The number of phenolic OH excluding ortho intramolecular Hbond substituents is 1. The number of aliphatic hydroxyl groups excluding tert-OH is 1. The third kappa shape index (κ3) is 12.7. The van der Waals surface area contributed by atoms with Gasteiger partial charge in [-0.2, -0.15) is 0 Å². The molecule has 0 spiro atoms. The van der Waals surface area contributed by atoms with Gasteiger partial charge in [-0.25, -0.2) is 4.79 Å². The number of primary amides is 1. The zero-order valence-corrected chi connectivity index (χ0v) is 23.6. The average Bonchev–Trinajstić information content (AvgIpc) is 2.91. The molecule has 43 heavy (non-hydrogen) atoms. The van der Waals surface area contributed by atoms with E-state index in [4.69, 9.17) is 16.6 Å². The Morgan fingerprint density at radius 3 is 1.79 bits per heavy atom. The maximum absolute atomic E-state index is 13.2. The molecule has 1 aromatic carbocycles. The predicted molar refractivity (Wildman–Crippen MR) is 148 cm³/mol. The van der Waals surface area contributed by atoms with Gasteiger partial charge >= 0.3 is 11.9 Å². The van der Waals surface area contributed by atoms with Crippen LogP contribution in [-0.2, 0) is 40.0 Å². The Bertz CT molecular complexity index is 1170. The van der Waals surface area contributed by atoms with Gasteiger partial charge in [0.05, 0.1) is 19.1 Å². The Morgan fingerprint density at radius 2 is 1.30 bits per heavy atom. The number of aliphatic hydroxyl groups is 1. The highest BCUT2D eigenvalue weighted by Crippen LogP contribution is 2.12. The molecule has 17 heteroatoms. The molecule has 0 bridgehead atoms. The van der Waals surface area contributed by atoms with Crippen LogP contribution in [-0.4, -0.2) is 98.7 Å². The van der Waals surface area contributed by atoms with Crippen molar-refractivity contribution < 1.29 is 54.0 Å². The normalized spacial score (nSPS) is 14.3. The summed E-state index contributed by atoms with van der Waals surface area (Å²) in [4.78, 5) is 85.3. The topological polar surface area (TPSA) is 301 Å². The first-order valence-electron chi connectivity index (χ1n) is 13.1. The first kappa shape index (κ1) is 36.3. The molecule has 0 aliphatic rings. The second-order valence-electron chi connectivity index (χ2n) is 10.0. The molecule has 12 N–H and O–H groups in total. The number of carboxylic acid groups (broad SMARTS) is 2. The molecule has 0 radical (unpaired) electrons. The van der Waals surface area contributed by atoms with E-state index in [2.05, 4.69) is 21.3 Å². The number of hydrogen-bond acceptors (Lipinski definition) is 10. The van der Waals surface area contributed by atoms with Crippen molar-refractivity contribution in [2.45, 2.75) is 69.7 Å². The van der Waals surface area contributed by atoms with E-state index in [1.165, 1.54) is 38.1 Å². The molecular formula is C26H38N6O11. The predicted octanol–water partition coefficient (Wildman–Crippen LogP) is -3.33. The van der Waals surface area contributed by atoms with Crippen molar-refractivity contribution in [3.8, 4) is 5.75 Å². The van der Waals surface area contributed by atoms with Crippen molar-refractivity contribution in [2.75, 3.05) is 6.61 Å². The quantitative estimate of drug-likeness (QED) is 0.0781. The standard InChI is InChI=1S/C26H38N6O11/c1-12(2)21(26(42)43)32-23(39)16(7-8-19(28)35)29-25(41)18(11-33)31-24(40)17(9-13-3-5-14(34)6-4-13)30-22(38)15(27)10-20(36)37/h3-6,12,15-18,21,33-34H,7-11,27H2,1-2H3,(H2,28,35)(H,29,41)(H,30,38)(H,31,40)(H,32,39)(H,36,37)(H,42,43)/t15-,16-,17-,18-,21-/m0/s1. The Labute approximate surface area is 246 Å². The summed E-state index contributed by atoms with van der Waals surface area (Å²) in [6.45, 7) is 2.09. The molecule has 0 aliphatic heterocycles.